The molecule has 0 bridgehead atoms. The van der Waals surface area contributed by atoms with Gasteiger partial charge in [0.15, 0.2) is 0 Å². The van der Waals surface area contributed by atoms with Gasteiger partial charge in [0.25, 0.3) is 0 Å². The molecule has 0 fully saturated rings. The van der Waals surface area contributed by atoms with E-state index in [1.807, 2.05) is 95.8 Å². The Hall–Kier alpha value is -2.89. The summed E-state index contributed by atoms with van der Waals surface area (Å²) in [4.78, 5) is 33.9. The zero-order valence-corrected chi connectivity index (χ0v) is 20.3. The third-order valence-electron chi connectivity index (χ3n) is 5.73. The molecule has 2 amide bonds. The van der Waals surface area contributed by atoms with Crippen molar-refractivity contribution < 1.29 is 14.7 Å². The van der Waals surface area contributed by atoms with E-state index in [1.54, 1.807) is 12.4 Å². The number of benzene rings is 1. The largest absolute Gasteiger partial charge is 0.465 e. The molecule has 174 valence electrons. The summed E-state index contributed by atoms with van der Waals surface area (Å²) in [5.41, 5.74) is 1.10. The van der Waals surface area contributed by atoms with Gasteiger partial charge in [-0.1, -0.05) is 36.4 Å². The van der Waals surface area contributed by atoms with Crippen LogP contribution in [0.2, 0.25) is 0 Å². The van der Waals surface area contributed by atoms with Gasteiger partial charge in [0.2, 0.25) is 5.91 Å². The third-order valence-corrected chi connectivity index (χ3v) is 5.73. The minimum Gasteiger partial charge on any atom is -0.465 e. The number of hydrogen-bond donors (Lipinski definition) is 1. The molecule has 6 nitrogen and oxygen atoms in total. The minimum atomic E-state index is -1.000. The first-order valence-corrected chi connectivity index (χ1v) is 11.2. The highest BCUT2D eigenvalue weighted by atomic mass is 16.4. The van der Waals surface area contributed by atoms with Crippen LogP contribution in [0, 0.1) is 0 Å². The zero-order valence-electron chi connectivity index (χ0n) is 20.3. The van der Waals surface area contributed by atoms with E-state index in [9.17, 15) is 14.7 Å². The number of pyridine rings is 1. The summed E-state index contributed by atoms with van der Waals surface area (Å²) in [7, 11) is 0. The molecule has 0 aliphatic heterocycles. The van der Waals surface area contributed by atoms with Crippen LogP contribution >= 0.6 is 0 Å². The summed E-state index contributed by atoms with van der Waals surface area (Å²) >= 11 is 0. The average molecular weight is 440 g/mol. The van der Waals surface area contributed by atoms with E-state index in [0.29, 0.717) is 0 Å². The maximum Gasteiger partial charge on any atom is 0.407 e. The highest BCUT2D eigenvalue weighted by Crippen LogP contribution is 2.37. The van der Waals surface area contributed by atoms with E-state index < -0.39 is 17.6 Å². The molecule has 0 spiro atoms. The van der Waals surface area contributed by atoms with E-state index in [2.05, 4.69) is 4.98 Å². The molecule has 0 radical (unpaired) electrons. The molecular formula is C26H37N3O3. The second-order valence-corrected chi connectivity index (χ2v) is 9.78. The van der Waals surface area contributed by atoms with Crippen LogP contribution in [0.5, 0.6) is 0 Å². The molecule has 0 aliphatic rings. The van der Waals surface area contributed by atoms with E-state index in [1.165, 1.54) is 4.90 Å². The van der Waals surface area contributed by atoms with Crippen LogP contribution in [-0.4, -0.2) is 56.1 Å². The summed E-state index contributed by atoms with van der Waals surface area (Å²) in [5, 5.41) is 10.00. The quantitative estimate of drug-likeness (QED) is 0.600. The van der Waals surface area contributed by atoms with Crippen molar-refractivity contribution in [1.29, 1.82) is 0 Å². The predicted molar refractivity (Wildman–Crippen MR) is 128 cm³/mol. The maximum absolute atomic E-state index is 14.1. The molecule has 0 saturated heterocycles. The molecule has 1 heterocycles. The summed E-state index contributed by atoms with van der Waals surface area (Å²) < 4.78 is 0. The normalized spacial score (nSPS) is 13.7. The smallest absolute Gasteiger partial charge is 0.407 e. The van der Waals surface area contributed by atoms with Crippen molar-refractivity contribution in [3.8, 4) is 0 Å². The number of rotatable bonds is 8. The van der Waals surface area contributed by atoms with Crippen LogP contribution in [0.25, 0.3) is 0 Å². The Morgan fingerprint density at radius 1 is 0.938 bits per heavy atom. The monoisotopic (exact) mass is 439 g/mol. The van der Waals surface area contributed by atoms with Crippen LogP contribution in [-0.2, 0) is 4.79 Å². The molecule has 6 heteroatoms. The molecular weight excluding hydrogens is 402 g/mol. The van der Waals surface area contributed by atoms with Gasteiger partial charge in [-0.3, -0.25) is 9.78 Å². The maximum atomic E-state index is 14.1. The number of aromatic nitrogens is 1. The van der Waals surface area contributed by atoms with Crippen molar-refractivity contribution in [2.24, 2.45) is 0 Å². The highest BCUT2D eigenvalue weighted by molar-refractivity contribution is 5.85. The molecule has 1 N–H and O–H groups in total. The van der Waals surface area contributed by atoms with Crippen molar-refractivity contribution in [2.75, 3.05) is 6.54 Å². The second-order valence-electron chi connectivity index (χ2n) is 9.78. The van der Waals surface area contributed by atoms with Gasteiger partial charge in [-0.05, 0) is 65.7 Å². The standard InChI is InChI=1S/C26H37N3O3/c1-18(2)29(19(3)4)24(30)23(21-14-11-15-27-16-21)22(20-12-9-8-10-13-20)17-28(25(31)32)26(5,6)7/h8-16,18-19,22-23H,17H2,1-7H3,(H,31,32). The van der Waals surface area contributed by atoms with Gasteiger partial charge in [-0.2, -0.15) is 0 Å². The Bertz CT molecular complexity index is 868. The molecule has 2 aromatic rings. The van der Waals surface area contributed by atoms with Crippen LogP contribution in [0.1, 0.15) is 71.4 Å². The minimum absolute atomic E-state index is 0.0105. The lowest BCUT2D eigenvalue weighted by atomic mass is 9.79. The van der Waals surface area contributed by atoms with Gasteiger partial charge in [0.05, 0.1) is 5.92 Å². The fraction of sp³-hybridized carbons (Fsp3) is 0.500. The van der Waals surface area contributed by atoms with Gasteiger partial charge in [0.1, 0.15) is 0 Å². The summed E-state index contributed by atoms with van der Waals surface area (Å²) in [6.07, 6.45) is 2.41. The number of carboxylic acid groups (broad SMARTS) is 1. The van der Waals surface area contributed by atoms with Crippen molar-refractivity contribution in [3.05, 3.63) is 66.0 Å². The molecule has 32 heavy (non-hydrogen) atoms. The van der Waals surface area contributed by atoms with Crippen LogP contribution < -0.4 is 0 Å². The fourth-order valence-corrected chi connectivity index (χ4v) is 4.31. The molecule has 2 rings (SSSR count). The van der Waals surface area contributed by atoms with Gasteiger partial charge in [-0.25, -0.2) is 4.79 Å². The van der Waals surface area contributed by atoms with Crippen molar-refractivity contribution in [2.45, 2.75) is 77.9 Å². The Morgan fingerprint density at radius 3 is 1.94 bits per heavy atom. The van der Waals surface area contributed by atoms with Gasteiger partial charge < -0.3 is 14.9 Å². The predicted octanol–water partition coefficient (Wildman–Crippen LogP) is 5.37. The van der Waals surface area contributed by atoms with E-state index in [4.69, 9.17) is 0 Å². The zero-order chi connectivity index (χ0) is 24.1. The first-order valence-electron chi connectivity index (χ1n) is 11.2. The van der Waals surface area contributed by atoms with Gasteiger partial charge in [-0.15, -0.1) is 0 Å². The molecule has 2 unspecified atom stereocenters. The topological polar surface area (TPSA) is 73.7 Å². The highest BCUT2D eigenvalue weighted by Gasteiger charge is 2.39. The number of carbonyl (C=O) groups excluding carboxylic acids is 1. The Balaban J connectivity index is 2.69. The van der Waals surface area contributed by atoms with E-state index in [-0.39, 0.29) is 30.5 Å². The van der Waals surface area contributed by atoms with Gasteiger partial charge >= 0.3 is 6.09 Å². The first-order chi connectivity index (χ1) is 14.9. The van der Waals surface area contributed by atoms with E-state index >= 15 is 0 Å². The number of carbonyl (C=O) groups is 2. The van der Waals surface area contributed by atoms with Crippen molar-refractivity contribution in [3.63, 3.8) is 0 Å². The number of hydrogen-bond acceptors (Lipinski definition) is 3. The van der Waals surface area contributed by atoms with Gasteiger partial charge in [0, 0.05) is 42.5 Å². The summed E-state index contributed by atoms with van der Waals surface area (Å²) in [6.45, 7) is 13.8. The Labute approximate surface area is 192 Å². The van der Waals surface area contributed by atoms with E-state index in [0.717, 1.165) is 11.1 Å². The van der Waals surface area contributed by atoms with Crippen LogP contribution in [0.4, 0.5) is 4.79 Å². The molecule has 1 aromatic heterocycles. The molecule has 2 atom stereocenters. The van der Waals surface area contributed by atoms with Crippen LogP contribution in [0.3, 0.4) is 0 Å². The van der Waals surface area contributed by atoms with Crippen molar-refractivity contribution in [1.82, 2.24) is 14.8 Å². The average Bonchev–Trinajstić information content (AvgIpc) is 2.70. The third kappa shape index (κ3) is 6.09. The molecule has 1 aromatic carbocycles. The number of amides is 2. The molecule has 0 saturated carbocycles. The Kier molecular flexibility index (Phi) is 8.42. The summed E-state index contributed by atoms with van der Waals surface area (Å²) in [6, 6.07) is 13.5. The second kappa shape index (κ2) is 10.6. The number of nitrogens with zero attached hydrogens (tertiary/aromatic N) is 3. The first kappa shape index (κ1) is 25.4. The lowest BCUT2D eigenvalue weighted by molar-refractivity contribution is -0.137. The summed E-state index contributed by atoms with van der Waals surface area (Å²) in [5.74, 6) is -0.959. The van der Waals surface area contributed by atoms with Crippen LogP contribution in [0.15, 0.2) is 54.9 Å². The molecule has 0 aliphatic carbocycles. The SMILES string of the molecule is CC(C)N(C(=O)C(c1cccnc1)C(CN(C(=O)O)C(C)(C)C)c1ccccc1)C(C)C. The Morgan fingerprint density at radius 2 is 1.50 bits per heavy atom. The van der Waals surface area contributed by atoms with Crippen molar-refractivity contribution >= 4 is 12.0 Å². The fourth-order valence-electron chi connectivity index (χ4n) is 4.31. The lowest BCUT2D eigenvalue weighted by Gasteiger charge is -2.41. The lowest BCUT2D eigenvalue weighted by Crippen LogP contribution is -2.50.